The molecule has 6 rings (SSSR count). The second kappa shape index (κ2) is 6.18. The van der Waals surface area contributed by atoms with Crippen LogP contribution in [0.4, 0.5) is 0 Å². The van der Waals surface area contributed by atoms with Gasteiger partial charge in [-0.2, -0.15) is 0 Å². The second-order valence-corrected chi connectivity index (χ2v) is 9.27. The van der Waals surface area contributed by atoms with Gasteiger partial charge in [0.25, 0.3) is 0 Å². The minimum Gasteiger partial charge on any atom is -0.476 e. The summed E-state index contributed by atoms with van der Waals surface area (Å²) < 4.78 is 0. The SMILES string of the molecule is Cc1ncccc1-c1nc(C(=O)O)c(CCC23CC4CC(CC(C4)C2)C3)[nH]1. The lowest BCUT2D eigenvalue weighted by Crippen LogP contribution is -2.46. The number of nitrogens with zero attached hydrogens (tertiary/aromatic N) is 2. The van der Waals surface area contributed by atoms with E-state index in [0.29, 0.717) is 11.2 Å². The highest BCUT2D eigenvalue weighted by molar-refractivity contribution is 5.87. The molecule has 2 aromatic rings. The molecule has 0 spiro atoms. The number of aromatic carboxylic acids is 1. The van der Waals surface area contributed by atoms with Gasteiger partial charge in [0.1, 0.15) is 5.82 Å². The summed E-state index contributed by atoms with van der Waals surface area (Å²) in [6.07, 6.45) is 12.0. The van der Waals surface area contributed by atoms with Crippen molar-refractivity contribution in [1.29, 1.82) is 0 Å². The van der Waals surface area contributed by atoms with Gasteiger partial charge < -0.3 is 10.1 Å². The number of aromatic nitrogens is 3. The monoisotopic (exact) mass is 365 g/mol. The van der Waals surface area contributed by atoms with E-state index in [-0.39, 0.29) is 5.69 Å². The fraction of sp³-hybridized carbons (Fsp3) is 0.591. The van der Waals surface area contributed by atoms with Crippen LogP contribution in [0.2, 0.25) is 0 Å². The van der Waals surface area contributed by atoms with Crippen molar-refractivity contribution in [3.8, 4) is 11.4 Å². The van der Waals surface area contributed by atoms with E-state index in [2.05, 4.69) is 15.0 Å². The van der Waals surface area contributed by atoms with E-state index >= 15 is 0 Å². The van der Waals surface area contributed by atoms with Gasteiger partial charge in [0.15, 0.2) is 5.69 Å². The predicted molar refractivity (Wildman–Crippen MR) is 102 cm³/mol. The zero-order chi connectivity index (χ0) is 18.6. The number of carbonyl (C=O) groups is 1. The molecular formula is C22H27N3O2. The zero-order valence-electron chi connectivity index (χ0n) is 15.9. The highest BCUT2D eigenvalue weighted by Gasteiger charge is 2.50. The number of hydrogen-bond acceptors (Lipinski definition) is 3. The van der Waals surface area contributed by atoms with Gasteiger partial charge >= 0.3 is 5.97 Å². The maximum Gasteiger partial charge on any atom is 0.356 e. The highest BCUT2D eigenvalue weighted by atomic mass is 16.4. The average Bonchev–Trinajstić information content (AvgIpc) is 3.04. The van der Waals surface area contributed by atoms with Gasteiger partial charge in [-0.25, -0.2) is 9.78 Å². The largest absolute Gasteiger partial charge is 0.476 e. The van der Waals surface area contributed by atoms with E-state index in [0.717, 1.165) is 47.5 Å². The Morgan fingerprint density at radius 3 is 2.48 bits per heavy atom. The number of imidazole rings is 1. The summed E-state index contributed by atoms with van der Waals surface area (Å²) in [7, 11) is 0. The number of carboxylic acids is 1. The van der Waals surface area contributed by atoms with Crippen molar-refractivity contribution < 1.29 is 9.90 Å². The average molecular weight is 365 g/mol. The minimum absolute atomic E-state index is 0.179. The number of rotatable bonds is 5. The molecule has 27 heavy (non-hydrogen) atoms. The Hall–Kier alpha value is -2.17. The van der Waals surface area contributed by atoms with Crippen LogP contribution >= 0.6 is 0 Å². The van der Waals surface area contributed by atoms with E-state index < -0.39 is 5.97 Å². The molecule has 5 nitrogen and oxygen atoms in total. The van der Waals surface area contributed by atoms with Crippen LogP contribution in [0, 0.1) is 30.1 Å². The molecule has 4 bridgehead atoms. The Morgan fingerprint density at radius 1 is 1.22 bits per heavy atom. The summed E-state index contributed by atoms with van der Waals surface area (Å²) >= 11 is 0. The molecule has 2 aromatic heterocycles. The third-order valence-electron chi connectivity index (χ3n) is 7.31. The van der Waals surface area contributed by atoms with Gasteiger partial charge in [0, 0.05) is 23.1 Å². The predicted octanol–water partition coefficient (Wildman–Crippen LogP) is 4.63. The maximum atomic E-state index is 11.8. The molecule has 0 amide bonds. The van der Waals surface area contributed by atoms with E-state index in [1.54, 1.807) is 6.20 Å². The van der Waals surface area contributed by atoms with Crippen molar-refractivity contribution in [3.63, 3.8) is 0 Å². The third kappa shape index (κ3) is 2.97. The Morgan fingerprint density at radius 2 is 1.89 bits per heavy atom. The van der Waals surface area contributed by atoms with E-state index in [1.807, 2.05) is 19.1 Å². The Kier molecular flexibility index (Phi) is 3.88. The molecular weight excluding hydrogens is 338 g/mol. The number of H-pyrrole nitrogens is 1. The minimum atomic E-state index is -0.945. The van der Waals surface area contributed by atoms with Crippen LogP contribution in [0.5, 0.6) is 0 Å². The first-order chi connectivity index (χ1) is 13.0. The fourth-order valence-electron chi connectivity index (χ4n) is 6.62. The highest BCUT2D eigenvalue weighted by Crippen LogP contribution is 2.61. The zero-order valence-corrected chi connectivity index (χ0v) is 15.9. The molecule has 142 valence electrons. The van der Waals surface area contributed by atoms with Crippen molar-refractivity contribution >= 4 is 5.97 Å². The molecule has 0 radical (unpaired) electrons. The Labute approximate surface area is 159 Å². The van der Waals surface area contributed by atoms with Crippen LogP contribution in [0.15, 0.2) is 18.3 Å². The lowest BCUT2D eigenvalue weighted by Gasteiger charge is -2.57. The normalized spacial score (nSPS) is 31.4. The van der Waals surface area contributed by atoms with E-state index in [1.165, 1.54) is 38.5 Å². The Balaban J connectivity index is 1.40. The fourth-order valence-corrected chi connectivity index (χ4v) is 6.62. The number of hydrogen-bond donors (Lipinski definition) is 2. The lowest BCUT2D eigenvalue weighted by atomic mass is 9.48. The van der Waals surface area contributed by atoms with Crippen LogP contribution < -0.4 is 0 Å². The molecule has 2 heterocycles. The summed E-state index contributed by atoms with van der Waals surface area (Å²) in [6, 6.07) is 3.80. The van der Waals surface area contributed by atoms with Crippen molar-refractivity contribution in [1.82, 2.24) is 15.0 Å². The molecule has 5 heteroatoms. The molecule has 0 saturated heterocycles. The van der Waals surface area contributed by atoms with Gasteiger partial charge in [0.2, 0.25) is 0 Å². The number of carboxylic acid groups (broad SMARTS) is 1. The van der Waals surface area contributed by atoms with Crippen molar-refractivity contribution in [2.45, 2.75) is 58.3 Å². The van der Waals surface area contributed by atoms with Crippen LogP contribution in [0.25, 0.3) is 11.4 Å². The van der Waals surface area contributed by atoms with Gasteiger partial charge in [-0.05, 0) is 93.6 Å². The number of aryl methyl sites for hydroxylation is 2. The van der Waals surface area contributed by atoms with Gasteiger partial charge in [0.05, 0.1) is 0 Å². The molecule has 4 saturated carbocycles. The molecule has 4 aliphatic rings. The molecule has 0 unspecified atom stereocenters. The topological polar surface area (TPSA) is 78.9 Å². The summed E-state index contributed by atoms with van der Waals surface area (Å²) in [5.41, 5.74) is 3.13. The summed E-state index contributed by atoms with van der Waals surface area (Å²) in [6.45, 7) is 1.92. The molecule has 2 N–H and O–H groups in total. The number of pyridine rings is 1. The van der Waals surface area contributed by atoms with Crippen LogP contribution in [0.3, 0.4) is 0 Å². The van der Waals surface area contributed by atoms with Crippen LogP contribution in [-0.4, -0.2) is 26.0 Å². The van der Waals surface area contributed by atoms with Gasteiger partial charge in [-0.1, -0.05) is 0 Å². The standard InChI is InChI=1S/C22H27N3O2/c1-13-17(3-2-6-23-13)20-24-18(19(25-20)21(26)27)4-5-22-10-14-7-15(11-22)9-16(8-14)12-22/h2-3,6,14-16H,4-5,7-12H2,1H3,(H,24,25)(H,26,27). The molecule has 0 atom stereocenters. The first-order valence-corrected chi connectivity index (χ1v) is 10.3. The molecule has 4 fully saturated rings. The summed E-state index contributed by atoms with van der Waals surface area (Å²) in [5.74, 6) is 2.44. The summed E-state index contributed by atoms with van der Waals surface area (Å²) in [5, 5.41) is 9.66. The quantitative estimate of drug-likeness (QED) is 0.810. The number of aromatic amines is 1. The van der Waals surface area contributed by atoms with E-state index in [9.17, 15) is 9.90 Å². The molecule has 0 aliphatic heterocycles. The first kappa shape index (κ1) is 17.0. The summed E-state index contributed by atoms with van der Waals surface area (Å²) in [4.78, 5) is 23.8. The van der Waals surface area contributed by atoms with Crippen molar-refractivity contribution in [2.24, 2.45) is 23.2 Å². The van der Waals surface area contributed by atoms with Gasteiger partial charge in [-0.3, -0.25) is 4.98 Å². The van der Waals surface area contributed by atoms with Crippen LogP contribution in [-0.2, 0) is 6.42 Å². The van der Waals surface area contributed by atoms with Gasteiger partial charge in [-0.15, -0.1) is 0 Å². The first-order valence-electron chi connectivity index (χ1n) is 10.3. The third-order valence-corrected chi connectivity index (χ3v) is 7.31. The lowest BCUT2D eigenvalue weighted by molar-refractivity contribution is -0.0571. The van der Waals surface area contributed by atoms with Crippen LogP contribution in [0.1, 0.15) is 66.8 Å². The smallest absolute Gasteiger partial charge is 0.356 e. The molecule has 0 aromatic carbocycles. The molecule has 4 aliphatic carbocycles. The Bertz CT molecular complexity index is 850. The van der Waals surface area contributed by atoms with Crippen molar-refractivity contribution in [3.05, 3.63) is 35.4 Å². The number of nitrogens with one attached hydrogen (secondary N) is 1. The van der Waals surface area contributed by atoms with Crippen molar-refractivity contribution in [2.75, 3.05) is 0 Å². The van der Waals surface area contributed by atoms with E-state index in [4.69, 9.17) is 0 Å². The maximum absolute atomic E-state index is 11.8. The second-order valence-electron chi connectivity index (χ2n) is 9.27.